The lowest BCUT2D eigenvalue weighted by Crippen LogP contribution is -2.44. The van der Waals surface area contributed by atoms with Crippen molar-refractivity contribution in [2.45, 2.75) is 38.9 Å². The number of carbonyl (C=O) groups is 1. The van der Waals surface area contributed by atoms with E-state index in [4.69, 9.17) is 5.11 Å². The van der Waals surface area contributed by atoms with Crippen molar-refractivity contribution in [1.82, 2.24) is 20.4 Å². The third kappa shape index (κ3) is 5.10. The number of aromatic nitrogens is 2. The molecule has 124 valence electrons. The first-order chi connectivity index (χ1) is 11.1. The third-order valence-corrected chi connectivity index (χ3v) is 3.74. The Bertz CT molecular complexity index is 608. The summed E-state index contributed by atoms with van der Waals surface area (Å²) in [6, 6.07) is 9.43. The number of aliphatic hydroxyl groups excluding tert-OH is 1. The molecule has 0 spiro atoms. The molecular weight excluding hydrogens is 292 g/mol. The molecule has 0 aliphatic rings. The predicted octanol–water partition coefficient (Wildman–Crippen LogP) is 2.06. The molecule has 2 rings (SSSR count). The summed E-state index contributed by atoms with van der Waals surface area (Å²) < 4.78 is 1.85. The van der Waals surface area contributed by atoms with Crippen LogP contribution < -0.4 is 10.6 Å². The van der Waals surface area contributed by atoms with Crippen molar-refractivity contribution < 1.29 is 9.90 Å². The van der Waals surface area contributed by atoms with Crippen LogP contribution in [0.2, 0.25) is 0 Å². The minimum absolute atomic E-state index is 0.0622. The van der Waals surface area contributed by atoms with Crippen molar-refractivity contribution in [2.75, 3.05) is 6.61 Å². The van der Waals surface area contributed by atoms with Gasteiger partial charge in [-0.2, -0.15) is 5.10 Å². The molecule has 1 heterocycles. The molecule has 2 aromatic rings. The number of urea groups is 1. The van der Waals surface area contributed by atoms with Crippen molar-refractivity contribution in [3.8, 4) is 0 Å². The van der Waals surface area contributed by atoms with E-state index < -0.39 is 0 Å². The number of hydrogen-bond donors (Lipinski definition) is 3. The highest BCUT2D eigenvalue weighted by atomic mass is 16.3. The maximum atomic E-state index is 11.9. The summed E-state index contributed by atoms with van der Waals surface area (Å²) in [5.74, 6) is 0. The number of carbonyl (C=O) groups excluding carboxylic acids is 1. The van der Waals surface area contributed by atoms with Crippen LogP contribution >= 0.6 is 0 Å². The molecule has 6 heteroatoms. The molecule has 2 atom stereocenters. The van der Waals surface area contributed by atoms with Gasteiger partial charge in [0.1, 0.15) is 0 Å². The molecule has 0 saturated carbocycles. The van der Waals surface area contributed by atoms with E-state index in [0.717, 1.165) is 5.56 Å². The van der Waals surface area contributed by atoms with Crippen LogP contribution in [0, 0.1) is 0 Å². The maximum Gasteiger partial charge on any atom is 0.315 e. The first-order valence-electron chi connectivity index (χ1n) is 7.86. The van der Waals surface area contributed by atoms with Crippen LogP contribution in [0.4, 0.5) is 4.79 Å². The summed E-state index contributed by atoms with van der Waals surface area (Å²) in [4.78, 5) is 11.9. The van der Waals surface area contributed by atoms with E-state index in [1.54, 1.807) is 6.20 Å². The smallest absolute Gasteiger partial charge is 0.315 e. The maximum absolute atomic E-state index is 11.9. The lowest BCUT2D eigenvalue weighted by Gasteiger charge is -2.17. The second-order valence-electron chi connectivity index (χ2n) is 5.58. The Morgan fingerprint density at radius 1 is 1.30 bits per heavy atom. The molecule has 0 aliphatic carbocycles. The highest BCUT2D eigenvalue weighted by Crippen LogP contribution is 2.12. The van der Waals surface area contributed by atoms with Crippen molar-refractivity contribution in [3.05, 3.63) is 53.9 Å². The first-order valence-corrected chi connectivity index (χ1v) is 7.86. The molecule has 0 saturated heterocycles. The van der Waals surface area contributed by atoms with Gasteiger partial charge in [-0.1, -0.05) is 37.3 Å². The monoisotopic (exact) mass is 316 g/mol. The van der Waals surface area contributed by atoms with E-state index in [1.807, 2.05) is 42.9 Å². The molecule has 1 aromatic carbocycles. The van der Waals surface area contributed by atoms with Gasteiger partial charge >= 0.3 is 6.03 Å². The summed E-state index contributed by atoms with van der Waals surface area (Å²) in [6.07, 6.45) is 4.38. The fourth-order valence-electron chi connectivity index (χ4n) is 2.24. The van der Waals surface area contributed by atoms with Crippen molar-refractivity contribution in [3.63, 3.8) is 0 Å². The Morgan fingerprint density at radius 3 is 2.70 bits per heavy atom. The number of hydrogen-bond acceptors (Lipinski definition) is 3. The topological polar surface area (TPSA) is 79.2 Å². The van der Waals surface area contributed by atoms with Gasteiger partial charge in [0, 0.05) is 11.8 Å². The van der Waals surface area contributed by atoms with Crippen molar-refractivity contribution in [1.29, 1.82) is 0 Å². The van der Waals surface area contributed by atoms with Crippen LogP contribution in [0.5, 0.6) is 0 Å². The highest BCUT2D eigenvalue weighted by Gasteiger charge is 2.14. The molecule has 0 fully saturated rings. The average molecular weight is 316 g/mol. The lowest BCUT2D eigenvalue weighted by molar-refractivity contribution is 0.212. The second-order valence-corrected chi connectivity index (χ2v) is 5.58. The van der Waals surface area contributed by atoms with E-state index in [1.165, 1.54) is 5.56 Å². The number of amides is 2. The molecule has 0 bridgehead atoms. The van der Waals surface area contributed by atoms with Crippen LogP contribution in [-0.2, 0) is 6.54 Å². The zero-order valence-electron chi connectivity index (χ0n) is 13.6. The van der Waals surface area contributed by atoms with Gasteiger partial charge in [-0.15, -0.1) is 0 Å². The van der Waals surface area contributed by atoms with Gasteiger partial charge in [0.2, 0.25) is 0 Å². The Morgan fingerprint density at radius 2 is 2.04 bits per heavy atom. The minimum atomic E-state index is -0.283. The van der Waals surface area contributed by atoms with Crippen LogP contribution in [0.1, 0.15) is 37.4 Å². The standard InChI is InChI=1S/C17H24N4O2/c1-3-16(12-22)20-17(23)19-13(2)15-9-18-21(11-15)10-14-7-5-4-6-8-14/h4-9,11,13,16,22H,3,10,12H2,1-2H3,(H2,19,20,23). The summed E-state index contributed by atoms with van der Waals surface area (Å²) in [5, 5.41) is 19.0. The van der Waals surface area contributed by atoms with Gasteiger partial charge in [-0.25, -0.2) is 4.79 Å². The largest absolute Gasteiger partial charge is 0.394 e. The van der Waals surface area contributed by atoms with Gasteiger partial charge in [0.25, 0.3) is 0 Å². The molecule has 2 unspecified atom stereocenters. The number of rotatable bonds is 7. The van der Waals surface area contributed by atoms with Gasteiger partial charge in [0.15, 0.2) is 0 Å². The van der Waals surface area contributed by atoms with Gasteiger partial charge in [-0.3, -0.25) is 4.68 Å². The zero-order valence-corrected chi connectivity index (χ0v) is 13.6. The zero-order chi connectivity index (χ0) is 16.7. The summed E-state index contributed by atoms with van der Waals surface area (Å²) in [5.41, 5.74) is 2.11. The third-order valence-electron chi connectivity index (χ3n) is 3.74. The number of aliphatic hydroxyl groups is 1. The number of nitrogens with zero attached hydrogens (tertiary/aromatic N) is 2. The molecule has 1 aromatic heterocycles. The normalized spacial score (nSPS) is 13.3. The highest BCUT2D eigenvalue weighted by molar-refractivity contribution is 5.74. The molecule has 0 aliphatic heterocycles. The Balaban J connectivity index is 1.90. The molecule has 23 heavy (non-hydrogen) atoms. The average Bonchev–Trinajstić information content (AvgIpc) is 3.02. The van der Waals surface area contributed by atoms with Gasteiger partial charge in [-0.05, 0) is 18.9 Å². The van der Waals surface area contributed by atoms with E-state index in [2.05, 4.69) is 27.9 Å². The quantitative estimate of drug-likeness (QED) is 0.731. The summed E-state index contributed by atoms with van der Waals surface area (Å²) in [6.45, 7) is 4.46. The molecule has 0 radical (unpaired) electrons. The van der Waals surface area contributed by atoms with Gasteiger partial charge < -0.3 is 15.7 Å². The number of benzene rings is 1. The predicted molar refractivity (Wildman–Crippen MR) is 89.0 cm³/mol. The number of nitrogens with one attached hydrogen (secondary N) is 2. The molecule has 2 amide bonds. The second kappa shape index (κ2) is 8.33. The summed E-state index contributed by atoms with van der Waals surface area (Å²) >= 11 is 0. The Labute approximate surface area is 136 Å². The van der Waals surface area contributed by atoms with Crippen LogP contribution in [0.15, 0.2) is 42.7 Å². The van der Waals surface area contributed by atoms with E-state index in [-0.39, 0.29) is 24.7 Å². The minimum Gasteiger partial charge on any atom is -0.394 e. The summed E-state index contributed by atoms with van der Waals surface area (Å²) in [7, 11) is 0. The Hall–Kier alpha value is -2.34. The van der Waals surface area contributed by atoms with Gasteiger partial charge in [0.05, 0.1) is 31.4 Å². The molecular formula is C17H24N4O2. The SMILES string of the molecule is CCC(CO)NC(=O)NC(C)c1cnn(Cc2ccccc2)c1. The first kappa shape index (κ1) is 17.0. The van der Waals surface area contributed by atoms with E-state index in [9.17, 15) is 4.79 Å². The van der Waals surface area contributed by atoms with E-state index >= 15 is 0 Å². The van der Waals surface area contributed by atoms with Crippen LogP contribution in [0.25, 0.3) is 0 Å². The van der Waals surface area contributed by atoms with E-state index in [0.29, 0.717) is 13.0 Å². The van der Waals surface area contributed by atoms with Crippen LogP contribution in [0.3, 0.4) is 0 Å². The fraction of sp³-hybridized carbons (Fsp3) is 0.412. The Kier molecular flexibility index (Phi) is 6.17. The van der Waals surface area contributed by atoms with Crippen LogP contribution in [-0.4, -0.2) is 33.6 Å². The fourth-order valence-corrected chi connectivity index (χ4v) is 2.24. The van der Waals surface area contributed by atoms with Crippen molar-refractivity contribution >= 4 is 6.03 Å². The molecule has 3 N–H and O–H groups in total. The molecule has 6 nitrogen and oxygen atoms in total. The lowest BCUT2D eigenvalue weighted by atomic mass is 10.2. The van der Waals surface area contributed by atoms with Crippen molar-refractivity contribution in [2.24, 2.45) is 0 Å².